The number of pyridine rings is 1. The summed E-state index contributed by atoms with van der Waals surface area (Å²) in [6, 6.07) is 5.42. The summed E-state index contributed by atoms with van der Waals surface area (Å²) >= 11 is 0. The minimum Gasteiger partial charge on any atom is -0.487 e. The van der Waals surface area contributed by atoms with Gasteiger partial charge in [0, 0.05) is 30.6 Å². The molecule has 0 fully saturated rings. The van der Waals surface area contributed by atoms with E-state index >= 15 is 0 Å². The van der Waals surface area contributed by atoms with Gasteiger partial charge >= 0.3 is 5.69 Å². The summed E-state index contributed by atoms with van der Waals surface area (Å²) in [6.45, 7) is 6.16. The molecule has 0 spiro atoms. The first-order valence-electron chi connectivity index (χ1n) is 7.84. The SMILES string of the molecule is Cc1cc(C)n(CCC(=O)NCC(C)Oc2cccnc2)c(=O)n1. The van der Waals surface area contributed by atoms with Gasteiger partial charge in [0.15, 0.2) is 0 Å². The summed E-state index contributed by atoms with van der Waals surface area (Å²) in [5, 5.41) is 2.80. The average molecular weight is 330 g/mol. The zero-order valence-corrected chi connectivity index (χ0v) is 14.2. The van der Waals surface area contributed by atoms with Crippen LogP contribution in [0.25, 0.3) is 0 Å². The molecule has 1 N–H and O–H groups in total. The van der Waals surface area contributed by atoms with Gasteiger partial charge in [0.05, 0.1) is 12.7 Å². The maximum absolute atomic E-state index is 11.9. The van der Waals surface area contributed by atoms with Gasteiger partial charge in [0.25, 0.3) is 0 Å². The largest absolute Gasteiger partial charge is 0.487 e. The second kappa shape index (κ2) is 8.24. The topological polar surface area (TPSA) is 86.1 Å². The second-order valence-electron chi connectivity index (χ2n) is 5.64. The number of aryl methyl sites for hydroxylation is 2. The third-order valence-electron chi connectivity index (χ3n) is 3.47. The van der Waals surface area contributed by atoms with E-state index in [4.69, 9.17) is 4.74 Å². The Labute approximate surface area is 140 Å². The van der Waals surface area contributed by atoms with Gasteiger partial charge < -0.3 is 10.1 Å². The summed E-state index contributed by atoms with van der Waals surface area (Å²) < 4.78 is 7.14. The van der Waals surface area contributed by atoms with Crippen LogP contribution in [-0.4, -0.2) is 33.1 Å². The van der Waals surface area contributed by atoms with Gasteiger partial charge in [0.1, 0.15) is 11.9 Å². The lowest BCUT2D eigenvalue weighted by Gasteiger charge is -2.15. The Morgan fingerprint density at radius 1 is 1.42 bits per heavy atom. The average Bonchev–Trinajstić information content (AvgIpc) is 2.53. The van der Waals surface area contributed by atoms with Crippen LogP contribution in [-0.2, 0) is 11.3 Å². The number of rotatable bonds is 7. The molecule has 0 bridgehead atoms. The van der Waals surface area contributed by atoms with Crippen molar-refractivity contribution >= 4 is 5.91 Å². The van der Waals surface area contributed by atoms with Crippen molar-refractivity contribution in [2.45, 2.75) is 39.8 Å². The van der Waals surface area contributed by atoms with Crippen LogP contribution in [0.2, 0.25) is 0 Å². The molecule has 0 aliphatic rings. The lowest BCUT2D eigenvalue weighted by molar-refractivity contribution is -0.121. The second-order valence-corrected chi connectivity index (χ2v) is 5.64. The van der Waals surface area contributed by atoms with E-state index < -0.39 is 0 Å². The summed E-state index contributed by atoms with van der Waals surface area (Å²) in [6.07, 6.45) is 3.33. The highest BCUT2D eigenvalue weighted by molar-refractivity contribution is 5.75. The maximum Gasteiger partial charge on any atom is 0.347 e. The third kappa shape index (κ3) is 5.19. The Morgan fingerprint density at radius 2 is 2.21 bits per heavy atom. The van der Waals surface area contributed by atoms with Crippen LogP contribution in [0, 0.1) is 13.8 Å². The Morgan fingerprint density at radius 3 is 2.88 bits per heavy atom. The number of carbonyl (C=O) groups is 1. The van der Waals surface area contributed by atoms with Gasteiger partial charge in [-0.3, -0.25) is 14.3 Å². The molecule has 0 aliphatic heterocycles. The van der Waals surface area contributed by atoms with Crippen molar-refractivity contribution in [3.8, 4) is 5.75 Å². The molecule has 7 nitrogen and oxygen atoms in total. The number of ether oxygens (including phenoxy) is 1. The molecule has 2 aromatic rings. The van der Waals surface area contributed by atoms with Crippen molar-refractivity contribution in [2.75, 3.05) is 6.54 Å². The first-order chi connectivity index (χ1) is 11.5. The Hall–Kier alpha value is -2.70. The van der Waals surface area contributed by atoms with Crippen LogP contribution in [0.1, 0.15) is 24.7 Å². The number of carbonyl (C=O) groups excluding carboxylic acids is 1. The highest BCUT2D eigenvalue weighted by Crippen LogP contribution is 2.08. The fourth-order valence-corrected chi connectivity index (χ4v) is 2.30. The molecule has 7 heteroatoms. The van der Waals surface area contributed by atoms with Crippen LogP contribution in [0.15, 0.2) is 35.4 Å². The third-order valence-corrected chi connectivity index (χ3v) is 3.47. The summed E-state index contributed by atoms with van der Waals surface area (Å²) in [7, 11) is 0. The van der Waals surface area contributed by atoms with E-state index in [1.165, 1.54) is 4.57 Å². The highest BCUT2D eigenvalue weighted by atomic mass is 16.5. The van der Waals surface area contributed by atoms with Gasteiger partial charge in [-0.05, 0) is 39.0 Å². The van der Waals surface area contributed by atoms with Gasteiger partial charge in [-0.1, -0.05) is 0 Å². The van der Waals surface area contributed by atoms with E-state index in [0.717, 1.165) is 5.69 Å². The van der Waals surface area contributed by atoms with E-state index in [-0.39, 0.29) is 24.1 Å². The molecule has 0 radical (unpaired) electrons. The highest BCUT2D eigenvalue weighted by Gasteiger charge is 2.09. The molecule has 1 amide bonds. The molecule has 1 atom stereocenters. The fraction of sp³-hybridized carbons (Fsp3) is 0.412. The van der Waals surface area contributed by atoms with Gasteiger partial charge in [-0.15, -0.1) is 0 Å². The molecule has 1 unspecified atom stereocenters. The van der Waals surface area contributed by atoms with E-state index in [1.54, 1.807) is 25.4 Å². The van der Waals surface area contributed by atoms with Crippen molar-refractivity contribution in [1.29, 1.82) is 0 Å². The summed E-state index contributed by atoms with van der Waals surface area (Å²) in [5.74, 6) is 0.524. The molecule has 0 aliphatic carbocycles. The van der Waals surface area contributed by atoms with Crippen LogP contribution in [0.3, 0.4) is 0 Å². The van der Waals surface area contributed by atoms with Crippen LogP contribution >= 0.6 is 0 Å². The lowest BCUT2D eigenvalue weighted by Crippen LogP contribution is -2.35. The van der Waals surface area contributed by atoms with Gasteiger partial charge in [-0.2, -0.15) is 4.98 Å². The van der Waals surface area contributed by atoms with Crippen molar-refractivity contribution in [1.82, 2.24) is 19.9 Å². The molecule has 0 saturated heterocycles. The molecular formula is C17H22N4O3. The molecule has 0 saturated carbocycles. The van der Waals surface area contributed by atoms with Crippen LogP contribution in [0.4, 0.5) is 0 Å². The molecule has 128 valence electrons. The fourth-order valence-electron chi connectivity index (χ4n) is 2.30. The van der Waals surface area contributed by atoms with Crippen molar-refractivity contribution in [2.24, 2.45) is 0 Å². The number of aromatic nitrogens is 3. The minimum atomic E-state index is -0.325. The van der Waals surface area contributed by atoms with E-state index in [9.17, 15) is 9.59 Å². The summed E-state index contributed by atoms with van der Waals surface area (Å²) in [5.41, 5.74) is 1.15. The number of amides is 1. The Bertz CT molecular complexity index is 743. The van der Waals surface area contributed by atoms with Gasteiger partial charge in [0.2, 0.25) is 5.91 Å². The predicted molar refractivity (Wildman–Crippen MR) is 89.9 cm³/mol. The minimum absolute atomic E-state index is 0.136. The zero-order chi connectivity index (χ0) is 17.5. The smallest absolute Gasteiger partial charge is 0.347 e. The Balaban J connectivity index is 1.79. The zero-order valence-electron chi connectivity index (χ0n) is 14.2. The lowest BCUT2D eigenvalue weighted by atomic mass is 10.3. The normalized spacial score (nSPS) is 11.8. The van der Waals surface area contributed by atoms with Gasteiger partial charge in [-0.25, -0.2) is 4.79 Å². The number of nitrogens with zero attached hydrogens (tertiary/aromatic N) is 3. The maximum atomic E-state index is 11.9. The number of hydrogen-bond donors (Lipinski definition) is 1. The molecule has 2 aromatic heterocycles. The molecule has 2 heterocycles. The number of hydrogen-bond acceptors (Lipinski definition) is 5. The first kappa shape index (κ1) is 17.7. The van der Waals surface area contributed by atoms with Crippen LogP contribution in [0.5, 0.6) is 5.75 Å². The quantitative estimate of drug-likeness (QED) is 0.825. The number of nitrogens with one attached hydrogen (secondary N) is 1. The molecule has 24 heavy (non-hydrogen) atoms. The van der Waals surface area contributed by atoms with Crippen LogP contribution < -0.4 is 15.7 Å². The standard InChI is InChI=1S/C17H22N4O3/c1-12-9-13(2)21(17(23)20-12)8-6-16(22)19-10-14(3)24-15-5-4-7-18-11-15/h4-5,7,9,11,14H,6,8,10H2,1-3H3,(H,19,22). The van der Waals surface area contributed by atoms with E-state index in [0.29, 0.717) is 24.5 Å². The van der Waals surface area contributed by atoms with E-state index in [2.05, 4.69) is 15.3 Å². The van der Waals surface area contributed by atoms with Crippen molar-refractivity contribution in [3.05, 3.63) is 52.5 Å². The molecule has 0 aromatic carbocycles. The first-order valence-corrected chi connectivity index (χ1v) is 7.84. The molecular weight excluding hydrogens is 308 g/mol. The Kier molecular flexibility index (Phi) is 6.06. The van der Waals surface area contributed by atoms with Crippen molar-refractivity contribution < 1.29 is 9.53 Å². The van der Waals surface area contributed by atoms with E-state index in [1.807, 2.05) is 26.0 Å². The molecule has 2 rings (SSSR count). The van der Waals surface area contributed by atoms with Crippen molar-refractivity contribution in [3.63, 3.8) is 0 Å². The predicted octanol–water partition coefficient (Wildman–Crippen LogP) is 1.23. The monoisotopic (exact) mass is 330 g/mol. The summed E-state index contributed by atoms with van der Waals surface area (Å²) in [4.78, 5) is 31.6.